The molecule has 1 N–H and O–H groups in total. The Kier molecular flexibility index (Phi) is 3.52. The van der Waals surface area contributed by atoms with Crippen LogP contribution in [-0.2, 0) is 18.9 Å². The van der Waals surface area contributed by atoms with Crippen molar-refractivity contribution in [3.05, 3.63) is 11.6 Å². The molecular weight excluding hydrogens is 212 g/mol. The molecule has 1 aromatic rings. The lowest BCUT2D eigenvalue weighted by molar-refractivity contribution is 0.309. The van der Waals surface area contributed by atoms with Gasteiger partial charge >= 0.3 is 0 Å². The van der Waals surface area contributed by atoms with Gasteiger partial charge in [0.05, 0.1) is 0 Å². The van der Waals surface area contributed by atoms with E-state index in [1.165, 1.54) is 0 Å². The lowest BCUT2D eigenvalue weighted by Crippen LogP contribution is -2.39. The van der Waals surface area contributed by atoms with Crippen molar-refractivity contribution < 1.29 is 0 Å². The normalized spacial score (nSPS) is 19.8. The predicted octanol–water partition coefficient (Wildman–Crippen LogP) is 1.65. The van der Waals surface area contributed by atoms with E-state index in [1.54, 1.807) is 0 Å². The van der Waals surface area contributed by atoms with E-state index < -0.39 is 0 Å². The summed E-state index contributed by atoms with van der Waals surface area (Å²) in [4.78, 5) is 4.77. The van der Waals surface area contributed by atoms with Crippen molar-refractivity contribution in [1.82, 2.24) is 20.1 Å². The number of hydrogen-bond donors (Lipinski definition) is 1. The van der Waals surface area contributed by atoms with Crippen LogP contribution in [0.4, 0.5) is 0 Å². The van der Waals surface area contributed by atoms with Crippen molar-refractivity contribution in [2.24, 2.45) is 13.0 Å². The molecule has 4 nitrogen and oxygen atoms in total. The fraction of sp³-hybridized carbons (Fsp3) is 0.846. The van der Waals surface area contributed by atoms with Crippen LogP contribution in [0.1, 0.15) is 45.3 Å². The summed E-state index contributed by atoms with van der Waals surface area (Å²) in [7, 11) is 2.03. The van der Waals surface area contributed by atoms with Crippen molar-refractivity contribution in [3.8, 4) is 0 Å². The van der Waals surface area contributed by atoms with Crippen LogP contribution in [0.2, 0.25) is 0 Å². The highest BCUT2D eigenvalue weighted by molar-refractivity contribution is 5.10. The Labute approximate surface area is 104 Å². The van der Waals surface area contributed by atoms with Crippen molar-refractivity contribution in [1.29, 1.82) is 0 Å². The minimum atomic E-state index is 0.197. The first-order valence-electron chi connectivity index (χ1n) is 6.62. The fourth-order valence-electron chi connectivity index (χ4n) is 2.62. The topological polar surface area (TPSA) is 42.7 Å². The Morgan fingerprint density at radius 3 is 2.59 bits per heavy atom. The van der Waals surface area contributed by atoms with Crippen LogP contribution >= 0.6 is 0 Å². The van der Waals surface area contributed by atoms with Crippen LogP contribution < -0.4 is 5.32 Å². The molecule has 1 fully saturated rings. The van der Waals surface area contributed by atoms with E-state index in [0.717, 1.165) is 44.0 Å². The zero-order valence-corrected chi connectivity index (χ0v) is 11.5. The highest BCUT2D eigenvalue weighted by Gasteiger charge is 2.33. The lowest BCUT2D eigenvalue weighted by atomic mass is 9.80. The van der Waals surface area contributed by atoms with E-state index in [9.17, 15) is 0 Å². The second-order valence-electron chi connectivity index (χ2n) is 5.88. The third-order valence-electron chi connectivity index (χ3n) is 3.64. The number of aryl methyl sites for hydroxylation is 1. The summed E-state index contributed by atoms with van der Waals surface area (Å²) >= 11 is 0. The summed E-state index contributed by atoms with van der Waals surface area (Å²) in [6, 6.07) is 0. The smallest absolute Gasteiger partial charge is 0.151 e. The van der Waals surface area contributed by atoms with Gasteiger partial charge in [0.1, 0.15) is 5.82 Å². The van der Waals surface area contributed by atoms with Crippen molar-refractivity contribution in [2.45, 2.75) is 45.4 Å². The first kappa shape index (κ1) is 12.6. The fourth-order valence-corrected chi connectivity index (χ4v) is 2.62. The molecule has 96 valence electrons. The second kappa shape index (κ2) is 4.77. The number of rotatable bonds is 3. The molecule has 4 heteroatoms. The van der Waals surface area contributed by atoms with Crippen molar-refractivity contribution in [3.63, 3.8) is 0 Å². The van der Waals surface area contributed by atoms with Crippen LogP contribution in [0.25, 0.3) is 0 Å². The SMILES string of the molecule is CC(C)Cc1nc(C2(C)CCNCC2)n(C)n1. The third kappa shape index (κ3) is 2.68. The van der Waals surface area contributed by atoms with Crippen LogP contribution in [0, 0.1) is 5.92 Å². The highest BCUT2D eigenvalue weighted by atomic mass is 15.3. The van der Waals surface area contributed by atoms with E-state index in [1.807, 2.05) is 11.7 Å². The average Bonchev–Trinajstić information content (AvgIpc) is 2.60. The molecule has 0 aromatic carbocycles. The molecule has 0 aliphatic carbocycles. The van der Waals surface area contributed by atoms with Crippen LogP contribution in [0.5, 0.6) is 0 Å². The molecule has 1 aliphatic heterocycles. The van der Waals surface area contributed by atoms with Crippen LogP contribution in [0.15, 0.2) is 0 Å². The van der Waals surface area contributed by atoms with Gasteiger partial charge in [-0.05, 0) is 31.8 Å². The van der Waals surface area contributed by atoms with E-state index >= 15 is 0 Å². The maximum absolute atomic E-state index is 4.77. The summed E-state index contributed by atoms with van der Waals surface area (Å²) in [6.07, 6.45) is 3.28. The second-order valence-corrected chi connectivity index (χ2v) is 5.88. The molecule has 17 heavy (non-hydrogen) atoms. The molecule has 0 saturated carbocycles. The lowest BCUT2D eigenvalue weighted by Gasteiger charge is -2.32. The van der Waals surface area contributed by atoms with E-state index in [-0.39, 0.29) is 5.41 Å². The molecule has 0 amide bonds. The first-order chi connectivity index (χ1) is 8.01. The van der Waals surface area contributed by atoms with Gasteiger partial charge in [0.15, 0.2) is 5.82 Å². The standard InChI is InChI=1S/C13H24N4/c1-10(2)9-11-15-12(17(4)16-11)13(3)5-7-14-8-6-13/h10,14H,5-9H2,1-4H3. The number of nitrogens with one attached hydrogen (secondary N) is 1. The monoisotopic (exact) mass is 236 g/mol. The summed E-state index contributed by atoms with van der Waals surface area (Å²) in [5, 5.41) is 7.97. The molecule has 0 atom stereocenters. The van der Waals surface area contributed by atoms with Gasteiger partial charge in [0.2, 0.25) is 0 Å². The van der Waals surface area contributed by atoms with E-state index in [4.69, 9.17) is 4.98 Å². The molecule has 0 bridgehead atoms. The van der Waals surface area contributed by atoms with Gasteiger partial charge < -0.3 is 5.32 Å². The van der Waals surface area contributed by atoms with Gasteiger partial charge in [-0.2, -0.15) is 5.10 Å². The Hall–Kier alpha value is -0.900. The zero-order chi connectivity index (χ0) is 12.5. The summed E-state index contributed by atoms with van der Waals surface area (Å²) in [5.74, 6) is 2.78. The molecule has 2 rings (SSSR count). The van der Waals surface area contributed by atoms with Gasteiger partial charge in [0.25, 0.3) is 0 Å². The van der Waals surface area contributed by atoms with Crippen LogP contribution in [0.3, 0.4) is 0 Å². The first-order valence-corrected chi connectivity index (χ1v) is 6.62. The zero-order valence-electron chi connectivity index (χ0n) is 11.5. The van der Waals surface area contributed by atoms with Gasteiger partial charge in [-0.25, -0.2) is 4.98 Å². The number of piperidine rings is 1. The van der Waals surface area contributed by atoms with Gasteiger partial charge in [-0.15, -0.1) is 0 Å². The van der Waals surface area contributed by atoms with E-state index in [2.05, 4.69) is 31.2 Å². The highest BCUT2D eigenvalue weighted by Crippen LogP contribution is 2.31. The molecule has 0 unspecified atom stereocenters. The molecule has 1 aliphatic rings. The van der Waals surface area contributed by atoms with Gasteiger partial charge in [0, 0.05) is 18.9 Å². The Morgan fingerprint density at radius 2 is 2.00 bits per heavy atom. The van der Waals surface area contributed by atoms with Crippen molar-refractivity contribution >= 4 is 0 Å². The minimum Gasteiger partial charge on any atom is -0.317 e. The largest absolute Gasteiger partial charge is 0.317 e. The van der Waals surface area contributed by atoms with Gasteiger partial charge in [-0.3, -0.25) is 4.68 Å². The maximum atomic E-state index is 4.77. The number of nitrogens with zero attached hydrogens (tertiary/aromatic N) is 3. The third-order valence-corrected chi connectivity index (χ3v) is 3.64. The molecular formula is C13H24N4. The molecule has 0 radical (unpaired) electrons. The molecule has 1 aromatic heterocycles. The molecule has 1 saturated heterocycles. The average molecular weight is 236 g/mol. The Morgan fingerprint density at radius 1 is 1.35 bits per heavy atom. The summed E-state index contributed by atoms with van der Waals surface area (Å²) in [5.41, 5.74) is 0.197. The number of hydrogen-bond acceptors (Lipinski definition) is 3. The van der Waals surface area contributed by atoms with Crippen LogP contribution in [-0.4, -0.2) is 27.9 Å². The quantitative estimate of drug-likeness (QED) is 0.868. The van der Waals surface area contributed by atoms with E-state index in [0.29, 0.717) is 5.92 Å². The summed E-state index contributed by atoms with van der Waals surface area (Å²) < 4.78 is 1.99. The Balaban J connectivity index is 2.22. The van der Waals surface area contributed by atoms with Gasteiger partial charge in [-0.1, -0.05) is 20.8 Å². The Bertz CT molecular complexity index is 375. The predicted molar refractivity (Wildman–Crippen MR) is 69.0 cm³/mol. The molecule has 0 spiro atoms. The van der Waals surface area contributed by atoms with Crippen molar-refractivity contribution in [2.75, 3.05) is 13.1 Å². The summed E-state index contributed by atoms with van der Waals surface area (Å²) in [6.45, 7) is 8.91. The minimum absolute atomic E-state index is 0.197. The molecule has 2 heterocycles. The number of aromatic nitrogens is 3. The maximum Gasteiger partial charge on any atom is 0.151 e.